The molecule has 12 heteroatoms. The molecule has 0 saturated carbocycles. The number of nitrogens with zero attached hydrogens (tertiary/aromatic N) is 4. The number of halogens is 2. The van der Waals surface area contributed by atoms with Gasteiger partial charge in [0.2, 0.25) is 11.9 Å². The minimum Gasteiger partial charge on any atom is -0.490 e. The number of ether oxygens (including phenoxy) is 2. The van der Waals surface area contributed by atoms with Gasteiger partial charge in [0.15, 0.2) is 0 Å². The van der Waals surface area contributed by atoms with Crippen molar-refractivity contribution in [3.63, 3.8) is 0 Å². The largest absolute Gasteiger partial charge is 0.490 e. The van der Waals surface area contributed by atoms with E-state index in [0.29, 0.717) is 24.7 Å². The van der Waals surface area contributed by atoms with E-state index in [2.05, 4.69) is 20.4 Å². The summed E-state index contributed by atoms with van der Waals surface area (Å²) in [5, 5.41) is 14.6. The van der Waals surface area contributed by atoms with Crippen LogP contribution >= 0.6 is 24.8 Å². The van der Waals surface area contributed by atoms with Crippen molar-refractivity contribution in [2.24, 2.45) is 43.3 Å². The number of hydrogen-bond acceptors (Lipinski definition) is 6. The first-order valence-electron chi connectivity index (χ1n) is 8.22. The van der Waals surface area contributed by atoms with E-state index in [4.69, 9.17) is 32.4 Å². The average molecular weight is 455 g/mol. The summed E-state index contributed by atoms with van der Waals surface area (Å²) >= 11 is 0. The Bertz CT molecular complexity index is 822. The minimum absolute atomic E-state index is 0. The third-order valence-corrected chi connectivity index (χ3v) is 3.10. The van der Waals surface area contributed by atoms with Crippen molar-refractivity contribution in [2.45, 2.75) is 0 Å². The van der Waals surface area contributed by atoms with Gasteiger partial charge >= 0.3 is 0 Å². The van der Waals surface area contributed by atoms with Crippen LogP contribution < -0.4 is 32.4 Å². The Labute approximate surface area is 186 Å². The Morgan fingerprint density at radius 3 is 1.47 bits per heavy atom. The lowest BCUT2D eigenvalue weighted by Crippen LogP contribution is -2.21. The van der Waals surface area contributed by atoms with Gasteiger partial charge in [0.05, 0.1) is 12.4 Å². The lowest BCUT2D eigenvalue weighted by atomic mass is 10.2. The highest BCUT2D eigenvalue weighted by Gasteiger charge is 1.98. The molecule has 0 aliphatic heterocycles. The summed E-state index contributed by atoms with van der Waals surface area (Å²) in [5.41, 5.74) is 22.5. The van der Waals surface area contributed by atoms with Gasteiger partial charge in [-0.15, -0.1) is 35.0 Å². The van der Waals surface area contributed by atoms with E-state index in [1.54, 1.807) is 0 Å². The zero-order chi connectivity index (χ0) is 20.2. The van der Waals surface area contributed by atoms with Crippen LogP contribution in [-0.4, -0.2) is 37.6 Å². The van der Waals surface area contributed by atoms with Crippen LogP contribution in [0, 0.1) is 0 Å². The number of nitrogens with two attached hydrogens (primary N) is 4. The fraction of sp³-hybridized carbons (Fsp3) is 0.111. The second kappa shape index (κ2) is 14.5. The highest BCUT2D eigenvalue weighted by molar-refractivity contribution is 5.85. The summed E-state index contributed by atoms with van der Waals surface area (Å²) in [5.74, 6) is 1.14. The second-order valence-corrected chi connectivity index (χ2v) is 5.38. The lowest BCUT2D eigenvalue weighted by Gasteiger charge is -2.09. The zero-order valence-corrected chi connectivity index (χ0v) is 17.6. The second-order valence-electron chi connectivity index (χ2n) is 5.38. The molecule has 0 spiro atoms. The van der Waals surface area contributed by atoms with Crippen molar-refractivity contribution < 1.29 is 9.47 Å². The summed E-state index contributed by atoms with van der Waals surface area (Å²) < 4.78 is 11.3. The van der Waals surface area contributed by atoms with Crippen LogP contribution in [-0.2, 0) is 0 Å². The first-order chi connectivity index (χ1) is 13.5. The molecule has 0 aromatic heterocycles. The van der Waals surface area contributed by atoms with E-state index in [0.717, 1.165) is 11.1 Å². The van der Waals surface area contributed by atoms with Crippen molar-refractivity contribution in [3.8, 4) is 11.5 Å². The maximum atomic E-state index is 5.67. The van der Waals surface area contributed by atoms with Gasteiger partial charge in [0.25, 0.3) is 0 Å². The number of guanidine groups is 2. The van der Waals surface area contributed by atoms with Gasteiger partial charge in [-0.05, 0) is 35.4 Å². The van der Waals surface area contributed by atoms with Crippen LogP contribution in [0.3, 0.4) is 0 Å². The third-order valence-electron chi connectivity index (χ3n) is 3.10. The molecule has 0 atom stereocenters. The van der Waals surface area contributed by atoms with Gasteiger partial charge in [-0.1, -0.05) is 24.3 Å². The molecule has 0 aliphatic rings. The van der Waals surface area contributed by atoms with E-state index in [1.807, 2.05) is 48.5 Å². The molecule has 0 bridgehead atoms. The van der Waals surface area contributed by atoms with Crippen molar-refractivity contribution in [3.05, 3.63) is 59.7 Å². The van der Waals surface area contributed by atoms with Crippen LogP contribution in [0.2, 0.25) is 0 Å². The molecule has 162 valence electrons. The standard InChI is InChI=1S/C18H22N8O2.2ClH/c19-17(20)25-23-11-13-3-1-5-15(9-13)27-7-8-28-16-6-2-4-14(10-16)12-24-26-18(21)22;;/h1-6,9-12H,7-8H2,(H4,19,20,25)(H4,21,22,26);2*1H. The number of benzene rings is 2. The molecule has 10 nitrogen and oxygen atoms in total. The predicted octanol–water partition coefficient (Wildman–Crippen LogP) is 1.20. The molecule has 0 heterocycles. The first-order valence-corrected chi connectivity index (χ1v) is 8.22. The molecule has 2 rings (SSSR count). The van der Waals surface area contributed by atoms with Gasteiger partial charge in [0.1, 0.15) is 24.7 Å². The Hall–Kier alpha value is -3.50. The molecule has 2 aromatic carbocycles. The van der Waals surface area contributed by atoms with E-state index >= 15 is 0 Å². The highest BCUT2D eigenvalue weighted by Crippen LogP contribution is 2.14. The smallest absolute Gasteiger partial charge is 0.211 e. The molecule has 0 aliphatic carbocycles. The fourth-order valence-electron chi connectivity index (χ4n) is 2.01. The van der Waals surface area contributed by atoms with Gasteiger partial charge in [-0.25, -0.2) is 0 Å². The topological polar surface area (TPSA) is 172 Å². The van der Waals surface area contributed by atoms with Crippen LogP contribution in [0.5, 0.6) is 11.5 Å². The zero-order valence-electron chi connectivity index (χ0n) is 15.9. The molecule has 0 unspecified atom stereocenters. The average Bonchev–Trinajstić information content (AvgIpc) is 2.65. The predicted molar refractivity (Wildman–Crippen MR) is 125 cm³/mol. The summed E-state index contributed by atoms with van der Waals surface area (Å²) in [6.45, 7) is 0.724. The van der Waals surface area contributed by atoms with Gasteiger partial charge in [0, 0.05) is 0 Å². The summed E-state index contributed by atoms with van der Waals surface area (Å²) in [6.07, 6.45) is 3.05. The van der Waals surface area contributed by atoms with Crippen LogP contribution in [0.4, 0.5) is 0 Å². The monoisotopic (exact) mass is 454 g/mol. The lowest BCUT2D eigenvalue weighted by molar-refractivity contribution is 0.217. The van der Waals surface area contributed by atoms with Crippen molar-refractivity contribution >= 4 is 49.2 Å². The SMILES string of the molecule is Cl.Cl.NC(N)=NN=Cc1cccc(OCCOc2cccc(C=NN=C(N)N)c2)c1. The van der Waals surface area contributed by atoms with E-state index in [-0.39, 0.29) is 36.7 Å². The molecular formula is C18H24Cl2N8O2. The molecule has 0 saturated heterocycles. The Morgan fingerprint density at radius 1 is 0.700 bits per heavy atom. The third kappa shape index (κ3) is 10.7. The maximum absolute atomic E-state index is 5.67. The van der Waals surface area contributed by atoms with Crippen LogP contribution in [0.1, 0.15) is 11.1 Å². The molecule has 2 aromatic rings. The molecule has 30 heavy (non-hydrogen) atoms. The van der Waals surface area contributed by atoms with E-state index in [1.165, 1.54) is 12.4 Å². The van der Waals surface area contributed by atoms with Gasteiger partial charge in [-0.3, -0.25) is 0 Å². The first kappa shape index (κ1) is 26.5. The van der Waals surface area contributed by atoms with Crippen molar-refractivity contribution in [2.75, 3.05) is 13.2 Å². The molecule has 8 N–H and O–H groups in total. The summed E-state index contributed by atoms with van der Waals surface area (Å²) in [4.78, 5) is 0. The highest BCUT2D eigenvalue weighted by atomic mass is 35.5. The Kier molecular flexibility index (Phi) is 12.8. The van der Waals surface area contributed by atoms with Crippen LogP contribution in [0.25, 0.3) is 0 Å². The summed E-state index contributed by atoms with van der Waals surface area (Å²) in [6, 6.07) is 14.7. The molecule has 0 radical (unpaired) electrons. The fourth-order valence-corrected chi connectivity index (χ4v) is 2.01. The Morgan fingerprint density at radius 2 is 1.10 bits per heavy atom. The van der Waals surface area contributed by atoms with Crippen LogP contribution in [0.15, 0.2) is 68.9 Å². The minimum atomic E-state index is -0.104. The van der Waals surface area contributed by atoms with Gasteiger partial charge in [-0.2, -0.15) is 10.2 Å². The number of hydrogen-bond donors (Lipinski definition) is 4. The Balaban J connectivity index is 0.00000420. The van der Waals surface area contributed by atoms with Gasteiger partial charge < -0.3 is 32.4 Å². The molecule has 0 amide bonds. The van der Waals surface area contributed by atoms with E-state index in [9.17, 15) is 0 Å². The summed E-state index contributed by atoms with van der Waals surface area (Å²) in [7, 11) is 0. The maximum Gasteiger partial charge on any atom is 0.211 e. The van der Waals surface area contributed by atoms with Crippen molar-refractivity contribution in [1.29, 1.82) is 0 Å². The molecular weight excluding hydrogens is 431 g/mol. The quantitative estimate of drug-likeness (QED) is 0.191. The van der Waals surface area contributed by atoms with E-state index < -0.39 is 0 Å². The molecule has 0 fully saturated rings. The van der Waals surface area contributed by atoms with Crippen molar-refractivity contribution in [1.82, 2.24) is 0 Å². The normalized spacial score (nSPS) is 10.0. The number of rotatable bonds is 9.